The molecule has 0 aliphatic rings. The molecule has 0 saturated carbocycles. The van der Waals surface area contributed by atoms with Gasteiger partial charge in [-0.25, -0.2) is 9.18 Å². The van der Waals surface area contributed by atoms with E-state index in [1.807, 2.05) is 0 Å². The van der Waals surface area contributed by atoms with Crippen molar-refractivity contribution in [1.82, 2.24) is 5.32 Å². The van der Waals surface area contributed by atoms with Gasteiger partial charge in [0.25, 0.3) is 0 Å². The summed E-state index contributed by atoms with van der Waals surface area (Å²) in [5.41, 5.74) is -0.216. The monoisotopic (exact) mass is 413 g/mol. The largest absolute Gasteiger partial charge is 0.444 e. The summed E-state index contributed by atoms with van der Waals surface area (Å²) in [5.74, 6) is -0.500. The van der Waals surface area contributed by atoms with E-state index in [1.54, 1.807) is 32.9 Å². The molecule has 0 unspecified atom stereocenters. The van der Waals surface area contributed by atoms with Crippen LogP contribution in [0.15, 0.2) is 18.2 Å². The Balaban J connectivity index is 2.89. The van der Waals surface area contributed by atoms with Gasteiger partial charge in [-0.15, -0.1) is 0 Å². The average molecular weight is 414 g/mol. The lowest BCUT2D eigenvalue weighted by Gasteiger charge is -2.24. The van der Waals surface area contributed by atoms with Crippen LogP contribution >= 0.6 is 34.2 Å². The van der Waals surface area contributed by atoms with Crippen molar-refractivity contribution in [1.29, 1.82) is 0 Å². The molecule has 1 amide bonds. The first-order valence-corrected chi connectivity index (χ1v) is 8.14. The topological polar surface area (TPSA) is 38.3 Å². The molecule has 0 bridgehead atoms. The van der Waals surface area contributed by atoms with Crippen LogP contribution in [0.4, 0.5) is 9.18 Å². The maximum absolute atomic E-state index is 14.0. The summed E-state index contributed by atoms with van der Waals surface area (Å²) < 4.78 is 20.0. The van der Waals surface area contributed by atoms with Crippen LogP contribution < -0.4 is 5.32 Å². The van der Waals surface area contributed by atoms with E-state index in [0.29, 0.717) is 12.0 Å². The lowest BCUT2D eigenvalue weighted by Crippen LogP contribution is -2.35. The minimum Gasteiger partial charge on any atom is -0.444 e. The van der Waals surface area contributed by atoms with E-state index >= 15 is 0 Å². The molecule has 0 radical (unpaired) electrons. The van der Waals surface area contributed by atoms with E-state index < -0.39 is 23.6 Å². The molecule has 0 heterocycles. The molecule has 0 aliphatic carbocycles. The highest BCUT2D eigenvalue weighted by atomic mass is 127. The maximum atomic E-state index is 14.0. The second-order valence-electron chi connectivity index (χ2n) is 5.32. The van der Waals surface area contributed by atoms with Crippen molar-refractivity contribution in [3.05, 3.63) is 34.6 Å². The zero-order valence-corrected chi connectivity index (χ0v) is 14.6. The molecule has 112 valence electrons. The Labute approximate surface area is 137 Å². The minimum absolute atomic E-state index is 0.0481. The minimum atomic E-state index is -0.591. The number of carbonyl (C=O) groups is 1. The van der Waals surface area contributed by atoms with Gasteiger partial charge in [-0.05, 0) is 33.3 Å². The van der Waals surface area contributed by atoms with Crippen molar-refractivity contribution < 1.29 is 13.9 Å². The Kier molecular flexibility index (Phi) is 6.51. The van der Waals surface area contributed by atoms with Gasteiger partial charge in [0.05, 0.1) is 11.1 Å². The van der Waals surface area contributed by atoms with Gasteiger partial charge in [0.15, 0.2) is 0 Å². The van der Waals surface area contributed by atoms with E-state index in [0.717, 1.165) is 4.43 Å². The Hall–Kier alpha value is -0.560. The molecule has 1 aromatic carbocycles. The smallest absolute Gasteiger partial charge is 0.408 e. The van der Waals surface area contributed by atoms with E-state index in [9.17, 15) is 9.18 Å². The number of hydrogen-bond donors (Lipinski definition) is 1. The van der Waals surface area contributed by atoms with Crippen LogP contribution in [0.1, 0.15) is 38.8 Å². The lowest BCUT2D eigenvalue weighted by molar-refractivity contribution is 0.0502. The van der Waals surface area contributed by atoms with Crippen molar-refractivity contribution in [3.8, 4) is 0 Å². The van der Waals surface area contributed by atoms with Crippen molar-refractivity contribution in [2.24, 2.45) is 0 Å². The highest BCUT2D eigenvalue weighted by molar-refractivity contribution is 14.1. The van der Waals surface area contributed by atoms with Crippen LogP contribution in [0.3, 0.4) is 0 Å². The van der Waals surface area contributed by atoms with Crippen LogP contribution in [-0.2, 0) is 4.74 Å². The van der Waals surface area contributed by atoms with Crippen molar-refractivity contribution in [2.75, 3.05) is 4.43 Å². The summed E-state index contributed by atoms with van der Waals surface area (Å²) >= 11 is 7.96. The molecule has 0 fully saturated rings. The Bertz CT molecular complexity index is 477. The molecule has 1 atom stereocenters. The summed E-state index contributed by atoms with van der Waals surface area (Å²) in [6.07, 6.45) is 0.0311. The molecule has 0 aromatic heterocycles. The highest BCUT2D eigenvalue weighted by Crippen LogP contribution is 2.26. The summed E-state index contributed by atoms with van der Waals surface area (Å²) in [5, 5.41) is 2.74. The predicted molar refractivity (Wildman–Crippen MR) is 87.0 cm³/mol. The summed E-state index contributed by atoms with van der Waals surface area (Å²) in [7, 11) is 0. The second kappa shape index (κ2) is 7.45. The van der Waals surface area contributed by atoms with Gasteiger partial charge in [-0.1, -0.05) is 46.3 Å². The van der Waals surface area contributed by atoms with Crippen molar-refractivity contribution >= 4 is 40.3 Å². The SMILES string of the molecule is CC(C)(C)OC(=O)N[C@H](CCI)c1cccc(Cl)c1F. The number of amides is 1. The molecule has 1 rings (SSSR count). The zero-order valence-electron chi connectivity index (χ0n) is 11.7. The summed E-state index contributed by atoms with van der Waals surface area (Å²) in [4.78, 5) is 11.8. The Morgan fingerprint density at radius 1 is 1.50 bits per heavy atom. The van der Waals surface area contributed by atoms with Crippen molar-refractivity contribution in [2.45, 2.75) is 38.8 Å². The number of hydrogen-bond acceptors (Lipinski definition) is 2. The maximum Gasteiger partial charge on any atom is 0.408 e. The number of halogens is 3. The quantitative estimate of drug-likeness (QED) is 0.565. The Morgan fingerprint density at radius 2 is 2.15 bits per heavy atom. The molecule has 0 aliphatic heterocycles. The molecule has 0 spiro atoms. The van der Waals surface area contributed by atoms with E-state index in [4.69, 9.17) is 16.3 Å². The lowest BCUT2D eigenvalue weighted by atomic mass is 10.0. The molecule has 1 aromatic rings. The number of nitrogens with one attached hydrogen (secondary N) is 1. The number of alkyl carbamates (subject to hydrolysis) is 1. The number of ether oxygens (including phenoxy) is 1. The first-order valence-electron chi connectivity index (χ1n) is 6.24. The van der Waals surface area contributed by atoms with Crippen LogP contribution in [0, 0.1) is 5.82 Å². The van der Waals surface area contributed by atoms with Gasteiger partial charge in [-0.3, -0.25) is 0 Å². The molecular weight excluding hydrogens is 396 g/mol. The number of carbonyl (C=O) groups excluding carboxylic acids is 1. The average Bonchev–Trinajstić information content (AvgIpc) is 2.30. The zero-order chi connectivity index (χ0) is 15.3. The number of rotatable bonds is 4. The van der Waals surface area contributed by atoms with Gasteiger partial charge >= 0.3 is 6.09 Å². The van der Waals surface area contributed by atoms with Crippen LogP contribution in [0.25, 0.3) is 0 Å². The van der Waals surface area contributed by atoms with Gasteiger partial charge in [-0.2, -0.15) is 0 Å². The third kappa shape index (κ3) is 5.44. The molecule has 1 N–H and O–H groups in total. The highest BCUT2D eigenvalue weighted by Gasteiger charge is 2.22. The number of alkyl halides is 1. The summed E-state index contributed by atoms with van der Waals surface area (Å²) in [6.45, 7) is 5.33. The fraction of sp³-hybridized carbons (Fsp3) is 0.500. The first kappa shape index (κ1) is 17.5. The molecule has 3 nitrogen and oxygen atoms in total. The second-order valence-corrected chi connectivity index (χ2v) is 6.81. The van der Waals surface area contributed by atoms with Gasteiger partial charge in [0, 0.05) is 9.99 Å². The standard InChI is InChI=1S/C14H18ClFINO2/c1-14(2,3)20-13(19)18-11(7-8-17)9-5-4-6-10(15)12(9)16/h4-6,11H,7-8H2,1-3H3,(H,18,19)/t11-/m1/s1. The third-order valence-corrected chi connectivity index (χ3v) is 3.36. The van der Waals surface area contributed by atoms with Gasteiger partial charge < -0.3 is 10.1 Å². The first-order chi connectivity index (χ1) is 9.24. The van der Waals surface area contributed by atoms with Gasteiger partial charge in [0.1, 0.15) is 11.4 Å². The fourth-order valence-electron chi connectivity index (χ4n) is 1.65. The van der Waals surface area contributed by atoms with E-state index in [2.05, 4.69) is 27.9 Å². The number of benzene rings is 1. The van der Waals surface area contributed by atoms with E-state index in [1.165, 1.54) is 6.07 Å². The third-order valence-electron chi connectivity index (χ3n) is 2.45. The van der Waals surface area contributed by atoms with Crippen molar-refractivity contribution in [3.63, 3.8) is 0 Å². The molecule has 6 heteroatoms. The molecule has 0 saturated heterocycles. The van der Waals surface area contributed by atoms with Gasteiger partial charge in [0.2, 0.25) is 0 Å². The fourth-order valence-corrected chi connectivity index (χ4v) is 2.46. The summed E-state index contributed by atoms with van der Waals surface area (Å²) in [6, 6.07) is 4.31. The predicted octanol–water partition coefficient (Wildman–Crippen LogP) is 4.87. The molecule has 20 heavy (non-hydrogen) atoms. The van der Waals surface area contributed by atoms with Crippen LogP contribution in [-0.4, -0.2) is 16.1 Å². The van der Waals surface area contributed by atoms with Crippen LogP contribution in [0.5, 0.6) is 0 Å². The normalized spacial score (nSPS) is 12.9. The van der Waals surface area contributed by atoms with Crippen LogP contribution in [0.2, 0.25) is 5.02 Å². The Morgan fingerprint density at radius 3 is 2.70 bits per heavy atom. The molecular formula is C14H18ClFINO2. The van der Waals surface area contributed by atoms with E-state index in [-0.39, 0.29) is 5.02 Å².